The van der Waals surface area contributed by atoms with Crippen LogP contribution in [0.1, 0.15) is 30.3 Å². The summed E-state index contributed by atoms with van der Waals surface area (Å²) >= 11 is 5.20. The van der Waals surface area contributed by atoms with Crippen LogP contribution in [0.15, 0.2) is 29.4 Å². The second kappa shape index (κ2) is 7.37. The Morgan fingerprint density at radius 1 is 1.54 bits per heavy atom. The first kappa shape index (κ1) is 16.3. The number of carbonyl (C=O) groups is 1. The molecular formula is C15H15N4O4S-. The number of aliphatic carboxylic acids is 1. The highest BCUT2D eigenvalue weighted by molar-refractivity contribution is 7.71. The fourth-order valence-corrected chi connectivity index (χ4v) is 2.51. The predicted molar refractivity (Wildman–Crippen MR) is 85.3 cm³/mol. The molecule has 1 aromatic carbocycles. The minimum Gasteiger partial charge on any atom is -0.546 e. The first-order valence-corrected chi connectivity index (χ1v) is 7.80. The lowest BCUT2D eigenvalue weighted by Crippen LogP contribution is -2.28. The van der Waals surface area contributed by atoms with Crippen LogP contribution in [0.25, 0.3) is 0 Å². The normalized spacial score (nSPS) is 17.4. The molecule has 1 saturated heterocycles. The van der Waals surface area contributed by atoms with Crippen LogP contribution >= 0.6 is 12.2 Å². The average molecular weight is 347 g/mol. The molecule has 0 radical (unpaired) electrons. The summed E-state index contributed by atoms with van der Waals surface area (Å²) in [5, 5.41) is 21.6. The zero-order valence-corrected chi connectivity index (χ0v) is 13.5. The first-order chi connectivity index (χ1) is 11.6. The molecule has 126 valence electrons. The van der Waals surface area contributed by atoms with Gasteiger partial charge in [0.1, 0.15) is 18.5 Å². The van der Waals surface area contributed by atoms with Gasteiger partial charge in [0.2, 0.25) is 4.77 Å². The van der Waals surface area contributed by atoms with Crippen molar-refractivity contribution in [3.8, 4) is 5.75 Å². The van der Waals surface area contributed by atoms with Gasteiger partial charge in [0, 0.05) is 6.61 Å². The van der Waals surface area contributed by atoms with Gasteiger partial charge >= 0.3 is 0 Å². The van der Waals surface area contributed by atoms with Crippen molar-refractivity contribution in [3.05, 3.63) is 40.4 Å². The number of hydrogen-bond acceptors (Lipinski definition) is 7. The van der Waals surface area contributed by atoms with Crippen LogP contribution in [0.2, 0.25) is 0 Å². The summed E-state index contributed by atoms with van der Waals surface area (Å²) in [5.41, 5.74) is 0.803. The number of H-pyrrole nitrogens is 1. The van der Waals surface area contributed by atoms with Crippen molar-refractivity contribution < 1.29 is 19.4 Å². The van der Waals surface area contributed by atoms with Crippen LogP contribution in [0, 0.1) is 4.77 Å². The van der Waals surface area contributed by atoms with Gasteiger partial charge in [-0.2, -0.15) is 14.9 Å². The molecule has 2 heterocycles. The number of hydrogen-bond donors (Lipinski definition) is 1. The standard InChI is InChI=1S/C15H16N4O4S/c20-13(21)9-23-11-5-3-10(4-6-11)8-16-19-14(17-18-15(19)24)12-2-1-7-22-12/h3-6,8,12H,1-2,7,9H2,(H,18,24)(H,20,21)/p-1/b16-8-/t12-/m1/s1. The van der Waals surface area contributed by atoms with E-state index in [1.807, 2.05) is 0 Å². The van der Waals surface area contributed by atoms with Crippen LogP contribution in [0.4, 0.5) is 0 Å². The number of benzene rings is 1. The highest BCUT2D eigenvalue weighted by atomic mass is 32.1. The maximum Gasteiger partial charge on any atom is 0.216 e. The van der Waals surface area contributed by atoms with E-state index in [1.54, 1.807) is 35.2 Å². The fraction of sp³-hybridized carbons (Fsp3) is 0.333. The highest BCUT2D eigenvalue weighted by Gasteiger charge is 2.23. The smallest absolute Gasteiger partial charge is 0.216 e. The number of nitrogens with one attached hydrogen (secondary N) is 1. The van der Waals surface area contributed by atoms with Crippen LogP contribution in [0.3, 0.4) is 0 Å². The summed E-state index contributed by atoms with van der Waals surface area (Å²) < 4.78 is 12.6. The van der Waals surface area contributed by atoms with Gasteiger partial charge in [-0.1, -0.05) is 0 Å². The van der Waals surface area contributed by atoms with Crippen molar-refractivity contribution in [2.24, 2.45) is 5.10 Å². The van der Waals surface area contributed by atoms with Crippen molar-refractivity contribution in [3.63, 3.8) is 0 Å². The van der Waals surface area contributed by atoms with Gasteiger partial charge in [0.25, 0.3) is 0 Å². The molecule has 0 spiro atoms. The second-order valence-electron chi connectivity index (χ2n) is 5.17. The van der Waals surface area contributed by atoms with E-state index in [2.05, 4.69) is 15.3 Å². The third kappa shape index (κ3) is 3.87. The Morgan fingerprint density at radius 2 is 2.33 bits per heavy atom. The zero-order chi connectivity index (χ0) is 16.9. The number of ether oxygens (including phenoxy) is 2. The van der Waals surface area contributed by atoms with Crippen LogP contribution in [-0.2, 0) is 9.53 Å². The molecule has 1 atom stereocenters. The van der Waals surface area contributed by atoms with E-state index in [4.69, 9.17) is 21.7 Å². The molecule has 1 fully saturated rings. The molecular weight excluding hydrogens is 332 g/mol. The lowest BCUT2D eigenvalue weighted by molar-refractivity contribution is -0.307. The summed E-state index contributed by atoms with van der Waals surface area (Å²) in [5.74, 6) is -0.171. The molecule has 1 aliphatic rings. The van der Waals surface area contributed by atoms with Crippen LogP contribution < -0.4 is 9.84 Å². The van der Waals surface area contributed by atoms with Gasteiger partial charge in [0.15, 0.2) is 5.82 Å². The minimum absolute atomic E-state index is 0.101. The Labute approximate surface area is 142 Å². The maximum absolute atomic E-state index is 10.4. The van der Waals surface area contributed by atoms with Gasteiger partial charge in [-0.3, -0.25) is 5.10 Å². The molecule has 24 heavy (non-hydrogen) atoms. The fourth-order valence-electron chi connectivity index (χ4n) is 2.32. The molecule has 3 rings (SSSR count). The lowest BCUT2D eigenvalue weighted by Gasteiger charge is -2.07. The maximum atomic E-state index is 10.4. The van der Waals surface area contributed by atoms with E-state index in [0.29, 0.717) is 23.0 Å². The monoisotopic (exact) mass is 347 g/mol. The number of carboxylic acids is 1. The second-order valence-corrected chi connectivity index (χ2v) is 5.56. The van der Waals surface area contributed by atoms with Crippen molar-refractivity contribution in [1.29, 1.82) is 0 Å². The third-order valence-corrected chi connectivity index (χ3v) is 3.72. The Bertz CT molecular complexity index is 791. The van der Waals surface area contributed by atoms with Gasteiger partial charge in [-0.15, -0.1) is 0 Å². The quantitative estimate of drug-likeness (QED) is 0.612. The van der Waals surface area contributed by atoms with Crippen LogP contribution in [0.5, 0.6) is 5.75 Å². The number of aromatic amines is 1. The Balaban J connectivity index is 1.73. The molecule has 0 aliphatic carbocycles. The number of carboxylic acid groups (broad SMARTS) is 1. The van der Waals surface area contributed by atoms with Gasteiger partial charge < -0.3 is 19.4 Å². The largest absolute Gasteiger partial charge is 0.546 e. The summed E-state index contributed by atoms with van der Waals surface area (Å²) in [6.45, 7) is 0.226. The summed E-state index contributed by atoms with van der Waals surface area (Å²) in [4.78, 5) is 10.4. The van der Waals surface area contributed by atoms with E-state index < -0.39 is 12.6 Å². The Morgan fingerprint density at radius 3 is 3.00 bits per heavy atom. The highest BCUT2D eigenvalue weighted by Crippen LogP contribution is 2.26. The molecule has 1 aromatic heterocycles. The van der Waals surface area contributed by atoms with Gasteiger partial charge in [0.05, 0.1) is 12.2 Å². The van der Waals surface area contributed by atoms with Gasteiger partial charge in [-0.25, -0.2) is 0 Å². The van der Waals surface area contributed by atoms with Crippen LogP contribution in [-0.4, -0.2) is 40.3 Å². The molecule has 9 heteroatoms. The molecule has 0 amide bonds. The zero-order valence-electron chi connectivity index (χ0n) is 12.7. The van der Waals surface area contributed by atoms with E-state index in [1.165, 1.54) is 0 Å². The van der Waals surface area contributed by atoms with Crippen molar-refractivity contribution in [2.75, 3.05) is 13.2 Å². The van der Waals surface area contributed by atoms with E-state index >= 15 is 0 Å². The average Bonchev–Trinajstić information content (AvgIpc) is 3.21. The number of nitrogens with zero attached hydrogens (tertiary/aromatic N) is 3. The third-order valence-electron chi connectivity index (χ3n) is 3.45. The Kier molecular flexibility index (Phi) is 5.02. The van der Waals surface area contributed by atoms with Crippen molar-refractivity contribution in [1.82, 2.24) is 14.9 Å². The SMILES string of the molecule is O=C([O-])COc1ccc(/C=N\n2c([C@H]3CCCO3)n[nH]c2=S)cc1. The summed E-state index contributed by atoms with van der Waals surface area (Å²) in [7, 11) is 0. The number of carbonyl (C=O) groups excluding carboxylic acids is 1. The van der Waals surface area contributed by atoms with E-state index in [-0.39, 0.29) is 6.10 Å². The molecule has 0 unspecified atom stereocenters. The lowest BCUT2D eigenvalue weighted by atomic mass is 10.2. The Hall–Kier alpha value is -2.52. The summed E-state index contributed by atoms with van der Waals surface area (Å²) in [6, 6.07) is 6.81. The number of rotatable bonds is 6. The summed E-state index contributed by atoms with van der Waals surface area (Å²) in [6.07, 6.45) is 3.41. The molecule has 1 N–H and O–H groups in total. The van der Waals surface area contributed by atoms with Crippen molar-refractivity contribution >= 4 is 24.4 Å². The first-order valence-electron chi connectivity index (χ1n) is 7.39. The van der Waals surface area contributed by atoms with Gasteiger partial charge in [-0.05, 0) is 54.9 Å². The minimum atomic E-state index is -1.27. The molecule has 8 nitrogen and oxygen atoms in total. The van der Waals surface area contributed by atoms with E-state index in [9.17, 15) is 9.90 Å². The molecule has 0 saturated carbocycles. The predicted octanol–water partition coefficient (Wildman–Crippen LogP) is 0.803. The molecule has 0 bridgehead atoms. The molecule has 1 aliphatic heterocycles. The number of aromatic nitrogens is 3. The molecule has 2 aromatic rings. The van der Waals surface area contributed by atoms with E-state index in [0.717, 1.165) is 18.4 Å². The topological polar surface area (TPSA) is 105 Å². The van der Waals surface area contributed by atoms with Crippen molar-refractivity contribution in [2.45, 2.75) is 18.9 Å².